The topological polar surface area (TPSA) is 94.4 Å². The lowest BCUT2D eigenvalue weighted by atomic mass is 10.1. The molecule has 8 heteroatoms. The predicted octanol–water partition coefficient (Wildman–Crippen LogP) is 3.01. The summed E-state index contributed by atoms with van der Waals surface area (Å²) < 4.78 is 5.66. The van der Waals surface area contributed by atoms with Crippen molar-refractivity contribution in [3.05, 3.63) is 56.7 Å². The summed E-state index contributed by atoms with van der Waals surface area (Å²) >= 11 is 3.23. The number of anilines is 1. The summed E-state index contributed by atoms with van der Waals surface area (Å²) in [5.74, 6) is -0.0458. The number of pyridine rings is 1. The zero-order valence-electron chi connectivity index (χ0n) is 10.9. The number of nitrogens with one attached hydrogen (secondary N) is 1. The highest BCUT2D eigenvalue weighted by atomic mass is 79.9. The van der Waals surface area contributed by atoms with Crippen molar-refractivity contribution in [1.82, 2.24) is 4.98 Å². The highest BCUT2D eigenvalue weighted by molar-refractivity contribution is 9.10. The molecule has 7 nitrogen and oxygen atoms in total. The molecule has 21 heavy (non-hydrogen) atoms. The van der Waals surface area contributed by atoms with Crippen LogP contribution in [-0.4, -0.2) is 22.9 Å². The second-order valence-corrected chi connectivity index (χ2v) is 4.88. The van der Waals surface area contributed by atoms with Crippen LogP contribution >= 0.6 is 15.9 Å². The summed E-state index contributed by atoms with van der Waals surface area (Å²) in [6.45, 7) is 0. The third-order valence-corrected chi connectivity index (χ3v) is 3.08. The molecular weight excluding hydrogens is 342 g/mol. The van der Waals surface area contributed by atoms with E-state index in [0.29, 0.717) is 5.82 Å². The molecule has 2 aromatic rings. The van der Waals surface area contributed by atoms with Gasteiger partial charge in [-0.3, -0.25) is 14.9 Å². The van der Waals surface area contributed by atoms with Crippen molar-refractivity contribution in [3.63, 3.8) is 0 Å². The molecule has 108 valence electrons. The molecular formula is C13H10BrN3O4. The number of rotatable bonds is 4. The highest BCUT2D eigenvalue weighted by Gasteiger charge is 2.18. The van der Waals surface area contributed by atoms with Crippen molar-refractivity contribution >= 4 is 33.3 Å². The van der Waals surface area contributed by atoms with Gasteiger partial charge in [-0.15, -0.1) is 0 Å². The van der Waals surface area contributed by atoms with E-state index >= 15 is 0 Å². The van der Waals surface area contributed by atoms with E-state index in [1.54, 1.807) is 12.1 Å². The van der Waals surface area contributed by atoms with Crippen molar-refractivity contribution in [2.24, 2.45) is 0 Å². The van der Waals surface area contributed by atoms with Crippen LogP contribution in [0.1, 0.15) is 10.4 Å². The minimum absolute atomic E-state index is 0.0957. The molecule has 0 spiro atoms. The Kier molecular flexibility index (Phi) is 4.49. The van der Waals surface area contributed by atoms with Crippen molar-refractivity contribution < 1.29 is 14.5 Å². The molecule has 0 bridgehead atoms. The van der Waals surface area contributed by atoms with Gasteiger partial charge in [0.25, 0.3) is 5.91 Å². The zero-order chi connectivity index (χ0) is 15.4. The smallest absolute Gasteiger partial charge is 0.311 e. The van der Waals surface area contributed by atoms with E-state index in [0.717, 1.165) is 10.5 Å². The Labute approximate surface area is 128 Å². The summed E-state index contributed by atoms with van der Waals surface area (Å²) in [4.78, 5) is 26.4. The average molecular weight is 352 g/mol. The minimum Gasteiger partial charge on any atom is -0.490 e. The van der Waals surface area contributed by atoms with Gasteiger partial charge in [-0.05, 0) is 40.2 Å². The molecule has 0 aliphatic carbocycles. The SMILES string of the molecule is COc1ccc(C(=O)Nc2ccc(Br)cn2)cc1[N+](=O)[O-]. The molecule has 1 heterocycles. The number of amides is 1. The van der Waals surface area contributed by atoms with Gasteiger partial charge in [0, 0.05) is 22.3 Å². The fourth-order valence-electron chi connectivity index (χ4n) is 1.61. The van der Waals surface area contributed by atoms with E-state index in [4.69, 9.17) is 4.74 Å². The molecule has 0 fully saturated rings. The first kappa shape index (κ1) is 14.9. The van der Waals surface area contributed by atoms with E-state index < -0.39 is 10.8 Å². The molecule has 0 saturated heterocycles. The summed E-state index contributed by atoms with van der Waals surface area (Å²) in [5, 5.41) is 13.5. The Hall–Kier alpha value is -2.48. The van der Waals surface area contributed by atoms with E-state index in [2.05, 4.69) is 26.2 Å². The van der Waals surface area contributed by atoms with Crippen LogP contribution in [0.4, 0.5) is 11.5 Å². The van der Waals surface area contributed by atoms with Gasteiger partial charge < -0.3 is 10.1 Å². The molecule has 0 atom stereocenters. The first-order valence-corrected chi connectivity index (χ1v) is 6.56. The monoisotopic (exact) mass is 351 g/mol. The minimum atomic E-state index is -0.604. The summed E-state index contributed by atoms with van der Waals surface area (Å²) in [6, 6.07) is 7.31. The Bertz CT molecular complexity index is 688. The van der Waals surface area contributed by atoms with Gasteiger partial charge in [-0.2, -0.15) is 0 Å². The number of nitro benzene ring substituents is 1. The molecule has 0 aliphatic heterocycles. The van der Waals surface area contributed by atoms with Crippen molar-refractivity contribution in [3.8, 4) is 5.75 Å². The van der Waals surface area contributed by atoms with Gasteiger partial charge in [-0.1, -0.05) is 0 Å². The van der Waals surface area contributed by atoms with Crippen LogP contribution < -0.4 is 10.1 Å². The maximum Gasteiger partial charge on any atom is 0.311 e. The molecule has 1 amide bonds. The van der Waals surface area contributed by atoms with Crippen molar-refractivity contribution in [2.45, 2.75) is 0 Å². The maximum atomic E-state index is 12.0. The van der Waals surface area contributed by atoms with E-state index in [9.17, 15) is 14.9 Å². The average Bonchev–Trinajstić information content (AvgIpc) is 2.48. The van der Waals surface area contributed by atoms with Crippen LogP contribution in [0.5, 0.6) is 5.75 Å². The van der Waals surface area contributed by atoms with E-state index in [1.807, 2.05) is 0 Å². The predicted molar refractivity (Wildman–Crippen MR) is 79.5 cm³/mol. The van der Waals surface area contributed by atoms with Crippen molar-refractivity contribution in [2.75, 3.05) is 12.4 Å². The largest absolute Gasteiger partial charge is 0.490 e. The van der Waals surface area contributed by atoms with Gasteiger partial charge >= 0.3 is 5.69 Å². The highest BCUT2D eigenvalue weighted by Crippen LogP contribution is 2.27. The van der Waals surface area contributed by atoms with Crippen LogP contribution in [0, 0.1) is 10.1 Å². The Morgan fingerprint density at radius 2 is 2.14 bits per heavy atom. The normalized spacial score (nSPS) is 10.0. The lowest BCUT2D eigenvalue weighted by molar-refractivity contribution is -0.385. The van der Waals surface area contributed by atoms with E-state index in [1.165, 1.54) is 25.4 Å². The van der Waals surface area contributed by atoms with E-state index in [-0.39, 0.29) is 17.0 Å². The van der Waals surface area contributed by atoms with Gasteiger partial charge in [0.15, 0.2) is 5.75 Å². The second kappa shape index (κ2) is 6.31. The second-order valence-electron chi connectivity index (χ2n) is 3.96. The number of hydrogen-bond acceptors (Lipinski definition) is 5. The van der Waals surface area contributed by atoms with Crippen LogP contribution in [0.15, 0.2) is 41.0 Å². The standard InChI is InChI=1S/C13H10BrN3O4/c1-21-11-4-2-8(6-10(11)17(19)20)13(18)16-12-5-3-9(14)7-15-12/h2-7H,1H3,(H,15,16,18). The molecule has 0 saturated carbocycles. The third kappa shape index (κ3) is 3.54. The van der Waals surface area contributed by atoms with Crippen LogP contribution in [-0.2, 0) is 0 Å². The summed E-state index contributed by atoms with van der Waals surface area (Å²) in [5.41, 5.74) is -0.124. The molecule has 0 unspecified atom stereocenters. The summed E-state index contributed by atoms with van der Waals surface area (Å²) in [6.07, 6.45) is 1.53. The fraction of sp³-hybridized carbons (Fsp3) is 0.0769. The molecule has 2 rings (SSSR count). The summed E-state index contributed by atoms with van der Waals surface area (Å²) in [7, 11) is 1.33. The van der Waals surface area contributed by atoms with Crippen LogP contribution in [0.2, 0.25) is 0 Å². The lowest BCUT2D eigenvalue weighted by Crippen LogP contribution is -2.13. The number of methoxy groups -OCH3 is 1. The molecule has 1 aromatic heterocycles. The Morgan fingerprint density at radius 1 is 1.38 bits per heavy atom. The third-order valence-electron chi connectivity index (χ3n) is 2.61. The number of aromatic nitrogens is 1. The Balaban J connectivity index is 2.25. The number of carbonyl (C=O) groups is 1. The van der Waals surface area contributed by atoms with Gasteiger partial charge in [-0.25, -0.2) is 4.98 Å². The molecule has 0 radical (unpaired) electrons. The molecule has 1 aromatic carbocycles. The first-order valence-electron chi connectivity index (χ1n) is 5.76. The lowest BCUT2D eigenvalue weighted by Gasteiger charge is -2.06. The number of nitrogens with zero attached hydrogens (tertiary/aromatic N) is 2. The van der Waals surface area contributed by atoms with Crippen molar-refractivity contribution in [1.29, 1.82) is 0 Å². The maximum absolute atomic E-state index is 12.0. The zero-order valence-corrected chi connectivity index (χ0v) is 12.5. The fourth-order valence-corrected chi connectivity index (χ4v) is 1.85. The van der Waals surface area contributed by atoms with Gasteiger partial charge in [0.05, 0.1) is 12.0 Å². The van der Waals surface area contributed by atoms with Crippen LogP contribution in [0.3, 0.4) is 0 Å². The number of ether oxygens (including phenoxy) is 1. The first-order chi connectivity index (χ1) is 10.0. The number of halogens is 1. The number of carbonyl (C=O) groups excluding carboxylic acids is 1. The number of benzene rings is 1. The molecule has 0 aliphatic rings. The van der Waals surface area contributed by atoms with Crippen LogP contribution in [0.25, 0.3) is 0 Å². The number of hydrogen-bond donors (Lipinski definition) is 1. The molecule has 1 N–H and O–H groups in total. The number of nitro groups is 1. The van der Waals surface area contributed by atoms with Gasteiger partial charge in [0.2, 0.25) is 0 Å². The quantitative estimate of drug-likeness (QED) is 0.674. The Morgan fingerprint density at radius 3 is 2.71 bits per heavy atom. The van der Waals surface area contributed by atoms with Gasteiger partial charge in [0.1, 0.15) is 5.82 Å².